The lowest BCUT2D eigenvalue weighted by Crippen LogP contribution is -1.97. The van der Waals surface area contributed by atoms with Gasteiger partial charge in [0.25, 0.3) is 0 Å². The molecule has 74 valence electrons. The second kappa shape index (κ2) is 2.73. The molecule has 0 aliphatic carbocycles. The summed E-state index contributed by atoms with van der Waals surface area (Å²) in [5.41, 5.74) is 0.823. The molecule has 0 unspecified atom stereocenters. The van der Waals surface area contributed by atoms with Gasteiger partial charge in [0.15, 0.2) is 5.58 Å². The lowest BCUT2D eigenvalue weighted by molar-refractivity contribution is 0.559. The quantitative estimate of drug-likeness (QED) is 0.524. The van der Waals surface area contributed by atoms with Gasteiger partial charge in [-0.3, -0.25) is 0 Å². The van der Waals surface area contributed by atoms with Crippen LogP contribution in [0.25, 0.3) is 21.9 Å². The van der Waals surface area contributed by atoms with E-state index in [4.69, 9.17) is 8.83 Å². The molecule has 0 fully saturated rings. The number of hydrogen-bond acceptors (Lipinski definition) is 3. The summed E-state index contributed by atoms with van der Waals surface area (Å²) in [7, 11) is 0. The third-order valence-electron chi connectivity index (χ3n) is 2.41. The van der Waals surface area contributed by atoms with Gasteiger partial charge in [-0.2, -0.15) is 0 Å². The van der Waals surface area contributed by atoms with Crippen LogP contribution >= 0.6 is 0 Å². The number of hydrogen-bond donors (Lipinski definition) is 0. The first-order valence-corrected chi connectivity index (χ1v) is 4.68. The molecule has 3 rings (SSSR count). The number of benzene rings is 1. The van der Waals surface area contributed by atoms with Crippen molar-refractivity contribution in [3.05, 3.63) is 46.5 Å². The normalized spacial score (nSPS) is 11.3. The van der Waals surface area contributed by atoms with E-state index in [0.717, 1.165) is 5.39 Å². The molecule has 3 nitrogen and oxygen atoms in total. The molecule has 3 aromatic rings. The Labute approximate surface area is 84.9 Å². The van der Waals surface area contributed by atoms with E-state index >= 15 is 0 Å². The van der Waals surface area contributed by atoms with Crippen molar-refractivity contribution in [3.8, 4) is 0 Å². The first-order valence-electron chi connectivity index (χ1n) is 4.68. The van der Waals surface area contributed by atoms with E-state index < -0.39 is 0 Å². The number of fused-ring (bicyclic) bond motifs is 3. The summed E-state index contributed by atoms with van der Waals surface area (Å²) >= 11 is 0. The standard InChI is InChI=1S/C12H8O3/c1-7-6-9-11(14-7)8-4-2-3-5-10(8)15-12(9)13/h2-6H,1H3. The molecule has 0 aliphatic heterocycles. The van der Waals surface area contributed by atoms with Gasteiger partial charge in [0.1, 0.15) is 16.7 Å². The van der Waals surface area contributed by atoms with E-state index in [-0.39, 0.29) is 5.63 Å². The minimum absolute atomic E-state index is 0.347. The summed E-state index contributed by atoms with van der Waals surface area (Å²) < 4.78 is 10.7. The van der Waals surface area contributed by atoms with E-state index in [1.165, 1.54) is 0 Å². The Morgan fingerprint density at radius 1 is 1.07 bits per heavy atom. The molecule has 0 spiro atoms. The second-order valence-electron chi connectivity index (χ2n) is 3.49. The van der Waals surface area contributed by atoms with Crippen molar-refractivity contribution in [2.75, 3.05) is 0 Å². The monoisotopic (exact) mass is 200 g/mol. The Balaban J connectivity index is 2.69. The van der Waals surface area contributed by atoms with Crippen LogP contribution in [0.15, 0.2) is 44.0 Å². The summed E-state index contributed by atoms with van der Waals surface area (Å²) in [4.78, 5) is 11.6. The smallest absolute Gasteiger partial charge is 0.347 e. The lowest BCUT2D eigenvalue weighted by Gasteiger charge is -1.95. The Bertz CT molecular complexity index is 704. The molecule has 0 saturated heterocycles. The molecule has 0 saturated carbocycles. The molecule has 2 heterocycles. The van der Waals surface area contributed by atoms with Crippen LogP contribution in [0.1, 0.15) is 5.76 Å². The van der Waals surface area contributed by atoms with Gasteiger partial charge in [0.2, 0.25) is 0 Å². The van der Waals surface area contributed by atoms with E-state index in [9.17, 15) is 4.79 Å². The minimum Gasteiger partial charge on any atom is -0.460 e. The molecule has 1 aromatic carbocycles. The minimum atomic E-state index is -0.347. The lowest BCUT2D eigenvalue weighted by atomic mass is 10.2. The molecule has 0 N–H and O–H groups in total. The predicted octanol–water partition coefficient (Wildman–Crippen LogP) is 2.85. The Morgan fingerprint density at radius 2 is 1.87 bits per heavy atom. The molecule has 0 atom stereocenters. The average molecular weight is 200 g/mol. The van der Waals surface area contributed by atoms with Gasteiger partial charge >= 0.3 is 5.63 Å². The molecule has 0 amide bonds. The van der Waals surface area contributed by atoms with Crippen molar-refractivity contribution in [2.24, 2.45) is 0 Å². The van der Waals surface area contributed by atoms with Crippen molar-refractivity contribution in [1.29, 1.82) is 0 Å². The topological polar surface area (TPSA) is 43.4 Å². The van der Waals surface area contributed by atoms with Crippen molar-refractivity contribution in [3.63, 3.8) is 0 Å². The fraction of sp³-hybridized carbons (Fsp3) is 0.0833. The van der Waals surface area contributed by atoms with E-state index in [1.807, 2.05) is 25.1 Å². The third kappa shape index (κ3) is 1.09. The van der Waals surface area contributed by atoms with Crippen LogP contribution in [-0.4, -0.2) is 0 Å². The fourth-order valence-electron chi connectivity index (χ4n) is 1.76. The van der Waals surface area contributed by atoms with Crippen LogP contribution in [0, 0.1) is 6.92 Å². The van der Waals surface area contributed by atoms with Crippen LogP contribution < -0.4 is 5.63 Å². The zero-order valence-electron chi connectivity index (χ0n) is 8.11. The van der Waals surface area contributed by atoms with Crippen molar-refractivity contribution in [1.82, 2.24) is 0 Å². The Kier molecular flexibility index (Phi) is 1.51. The van der Waals surface area contributed by atoms with Crippen LogP contribution in [0.5, 0.6) is 0 Å². The average Bonchev–Trinajstić information content (AvgIpc) is 2.61. The second-order valence-corrected chi connectivity index (χ2v) is 3.49. The summed E-state index contributed by atoms with van der Waals surface area (Å²) in [6.07, 6.45) is 0. The van der Waals surface area contributed by atoms with Gasteiger partial charge in [-0.15, -0.1) is 0 Å². The summed E-state index contributed by atoms with van der Waals surface area (Å²) in [5, 5.41) is 1.34. The van der Waals surface area contributed by atoms with E-state index in [1.54, 1.807) is 12.1 Å². The fourth-order valence-corrected chi connectivity index (χ4v) is 1.76. The Hall–Kier alpha value is -2.03. The number of para-hydroxylation sites is 1. The first-order chi connectivity index (χ1) is 7.25. The molecule has 0 aliphatic rings. The largest absolute Gasteiger partial charge is 0.460 e. The summed E-state index contributed by atoms with van der Waals surface area (Å²) in [6.45, 7) is 1.81. The van der Waals surface area contributed by atoms with Crippen molar-refractivity contribution < 1.29 is 8.83 Å². The highest BCUT2D eigenvalue weighted by Gasteiger charge is 2.10. The first kappa shape index (κ1) is 8.29. The predicted molar refractivity (Wildman–Crippen MR) is 57.0 cm³/mol. The van der Waals surface area contributed by atoms with Crippen molar-refractivity contribution in [2.45, 2.75) is 6.92 Å². The van der Waals surface area contributed by atoms with E-state index in [2.05, 4.69) is 0 Å². The van der Waals surface area contributed by atoms with Crippen LogP contribution in [0.2, 0.25) is 0 Å². The Morgan fingerprint density at radius 3 is 2.73 bits per heavy atom. The zero-order valence-corrected chi connectivity index (χ0v) is 8.11. The van der Waals surface area contributed by atoms with Gasteiger partial charge in [0, 0.05) is 0 Å². The molecule has 0 radical (unpaired) electrons. The summed E-state index contributed by atoms with van der Waals surface area (Å²) in [5.74, 6) is 0.716. The molecular weight excluding hydrogens is 192 g/mol. The highest BCUT2D eigenvalue weighted by molar-refractivity contribution is 6.00. The molecule has 3 heteroatoms. The van der Waals surface area contributed by atoms with Gasteiger partial charge in [-0.05, 0) is 25.1 Å². The SMILES string of the molecule is Cc1cc2c(=O)oc3ccccc3c2o1. The van der Waals surface area contributed by atoms with Crippen LogP contribution in [-0.2, 0) is 0 Å². The maximum atomic E-state index is 11.6. The summed E-state index contributed by atoms with van der Waals surface area (Å²) in [6, 6.07) is 9.05. The van der Waals surface area contributed by atoms with Gasteiger partial charge < -0.3 is 8.83 Å². The van der Waals surface area contributed by atoms with Crippen LogP contribution in [0.4, 0.5) is 0 Å². The third-order valence-corrected chi connectivity index (χ3v) is 2.41. The van der Waals surface area contributed by atoms with Gasteiger partial charge in [-0.25, -0.2) is 4.79 Å². The van der Waals surface area contributed by atoms with Gasteiger partial charge in [-0.1, -0.05) is 12.1 Å². The highest BCUT2D eigenvalue weighted by Crippen LogP contribution is 2.24. The number of rotatable bonds is 0. The highest BCUT2D eigenvalue weighted by atomic mass is 16.4. The number of aryl methyl sites for hydroxylation is 1. The maximum absolute atomic E-state index is 11.6. The van der Waals surface area contributed by atoms with Crippen LogP contribution in [0.3, 0.4) is 0 Å². The number of furan rings is 1. The molecule has 15 heavy (non-hydrogen) atoms. The van der Waals surface area contributed by atoms with Gasteiger partial charge in [0.05, 0.1) is 5.39 Å². The molecule has 0 bridgehead atoms. The molecular formula is C12H8O3. The van der Waals surface area contributed by atoms with E-state index in [0.29, 0.717) is 22.3 Å². The maximum Gasteiger partial charge on any atom is 0.347 e. The molecule has 2 aromatic heterocycles. The zero-order chi connectivity index (χ0) is 10.4. The van der Waals surface area contributed by atoms with Crippen molar-refractivity contribution >= 4 is 21.9 Å².